The highest BCUT2D eigenvalue weighted by Crippen LogP contribution is 2.17. The monoisotopic (exact) mass is 285 g/mol. The van der Waals surface area contributed by atoms with E-state index in [4.69, 9.17) is 5.11 Å². The lowest BCUT2D eigenvalue weighted by atomic mass is 10.1. The number of carbonyl (C=O) groups is 2. The molecule has 0 aliphatic rings. The molecule has 0 unspecified atom stereocenters. The molecule has 0 atom stereocenters. The third-order valence-corrected chi connectivity index (χ3v) is 2.88. The number of nitrogens with one attached hydrogen (secondary N) is 2. The first-order chi connectivity index (χ1) is 9.95. The number of nitrogens with zero attached hydrogens (tertiary/aromatic N) is 1. The maximum absolute atomic E-state index is 11.9. The first kappa shape index (κ1) is 14.5. The third kappa shape index (κ3) is 3.79. The lowest BCUT2D eigenvalue weighted by Gasteiger charge is -2.10. The Morgan fingerprint density at radius 3 is 2.57 bits per heavy atom. The molecule has 21 heavy (non-hydrogen) atoms. The molecule has 108 valence electrons. The summed E-state index contributed by atoms with van der Waals surface area (Å²) in [4.78, 5) is 26.5. The topological polar surface area (TPSA) is 91.3 Å². The van der Waals surface area contributed by atoms with Crippen molar-refractivity contribution in [3.63, 3.8) is 0 Å². The first-order valence-corrected chi connectivity index (χ1v) is 6.29. The number of anilines is 2. The zero-order chi connectivity index (χ0) is 15.4. The van der Waals surface area contributed by atoms with Crippen LogP contribution < -0.4 is 10.6 Å². The average molecular weight is 285 g/mol. The summed E-state index contributed by atoms with van der Waals surface area (Å²) in [5.74, 6) is -1.10. The van der Waals surface area contributed by atoms with Crippen molar-refractivity contribution < 1.29 is 14.7 Å². The van der Waals surface area contributed by atoms with E-state index in [2.05, 4.69) is 15.6 Å². The highest BCUT2D eigenvalue weighted by atomic mass is 16.4. The van der Waals surface area contributed by atoms with Gasteiger partial charge in [0, 0.05) is 11.9 Å². The number of hydrogen-bond donors (Lipinski definition) is 3. The van der Waals surface area contributed by atoms with Crippen LogP contribution in [-0.2, 0) is 0 Å². The van der Waals surface area contributed by atoms with E-state index in [-0.39, 0.29) is 5.56 Å². The summed E-state index contributed by atoms with van der Waals surface area (Å²) >= 11 is 0. The van der Waals surface area contributed by atoms with Gasteiger partial charge in [-0.3, -0.25) is 4.98 Å². The quantitative estimate of drug-likeness (QED) is 0.808. The molecule has 0 fully saturated rings. The lowest BCUT2D eigenvalue weighted by molar-refractivity contribution is 0.0696. The highest BCUT2D eigenvalue weighted by molar-refractivity contribution is 6.00. The van der Waals surface area contributed by atoms with Gasteiger partial charge in [0.2, 0.25) is 0 Å². The van der Waals surface area contributed by atoms with Crippen molar-refractivity contribution in [1.29, 1.82) is 0 Å². The predicted octanol–water partition coefficient (Wildman–Crippen LogP) is 3.04. The van der Waals surface area contributed by atoms with Crippen LogP contribution in [0.2, 0.25) is 0 Å². The summed E-state index contributed by atoms with van der Waals surface area (Å²) in [6.07, 6.45) is 2.60. The van der Waals surface area contributed by atoms with E-state index in [1.165, 1.54) is 18.5 Å². The van der Waals surface area contributed by atoms with Crippen LogP contribution in [0.1, 0.15) is 21.5 Å². The van der Waals surface area contributed by atoms with Crippen molar-refractivity contribution in [2.24, 2.45) is 0 Å². The van der Waals surface area contributed by atoms with Crippen LogP contribution in [-0.4, -0.2) is 22.1 Å². The second kappa shape index (κ2) is 6.04. The number of aromatic carboxylic acids is 1. The van der Waals surface area contributed by atoms with Gasteiger partial charge in [-0.15, -0.1) is 0 Å². The SMILES string of the molecule is Cc1ccc(C)c(NC(=O)Nc2cncc(C(=O)O)c2)c1. The standard InChI is InChI=1S/C15H15N3O3/c1-9-3-4-10(2)13(5-9)18-15(21)17-12-6-11(14(19)20)7-16-8-12/h3-8H,1-2H3,(H,19,20)(H2,17,18,21). The summed E-state index contributed by atoms with van der Waals surface area (Å²) < 4.78 is 0. The van der Waals surface area contributed by atoms with Crippen molar-refractivity contribution >= 4 is 23.4 Å². The Bertz CT molecular complexity index is 698. The molecule has 6 heteroatoms. The first-order valence-electron chi connectivity index (χ1n) is 6.29. The van der Waals surface area contributed by atoms with E-state index >= 15 is 0 Å². The Labute approximate surface area is 121 Å². The number of amides is 2. The molecule has 2 aromatic rings. The van der Waals surface area contributed by atoms with Crippen molar-refractivity contribution in [1.82, 2.24) is 4.98 Å². The Balaban J connectivity index is 2.10. The van der Waals surface area contributed by atoms with Gasteiger partial charge in [-0.1, -0.05) is 12.1 Å². The molecule has 1 heterocycles. The van der Waals surface area contributed by atoms with E-state index in [0.29, 0.717) is 11.4 Å². The van der Waals surface area contributed by atoms with Gasteiger partial charge in [-0.05, 0) is 37.1 Å². The minimum Gasteiger partial charge on any atom is -0.478 e. The van der Waals surface area contributed by atoms with Crippen molar-refractivity contribution in [2.45, 2.75) is 13.8 Å². The second-order valence-corrected chi connectivity index (χ2v) is 4.66. The number of benzene rings is 1. The van der Waals surface area contributed by atoms with Crippen molar-refractivity contribution in [2.75, 3.05) is 10.6 Å². The summed E-state index contributed by atoms with van der Waals surface area (Å²) in [6.45, 7) is 3.82. The van der Waals surface area contributed by atoms with Crippen LogP contribution in [0.3, 0.4) is 0 Å². The van der Waals surface area contributed by atoms with Gasteiger partial charge < -0.3 is 15.7 Å². The molecule has 6 nitrogen and oxygen atoms in total. The molecular weight excluding hydrogens is 270 g/mol. The van der Waals surface area contributed by atoms with E-state index in [9.17, 15) is 9.59 Å². The number of hydrogen-bond acceptors (Lipinski definition) is 3. The number of carboxylic acids is 1. The van der Waals surface area contributed by atoms with Crippen LogP contribution in [0, 0.1) is 13.8 Å². The number of rotatable bonds is 3. The number of aromatic nitrogens is 1. The fourth-order valence-corrected chi connectivity index (χ4v) is 1.78. The van der Waals surface area contributed by atoms with E-state index in [0.717, 1.165) is 11.1 Å². The number of aryl methyl sites for hydroxylation is 2. The van der Waals surface area contributed by atoms with Crippen LogP contribution in [0.15, 0.2) is 36.7 Å². The smallest absolute Gasteiger partial charge is 0.337 e. The average Bonchev–Trinajstić information content (AvgIpc) is 2.43. The number of urea groups is 1. The Kier molecular flexibility index (Phi) is 4.18. The maximum atomic E-state index is 11.9. The minimum atomic E-state index is -1.10. The molecule has 2 amide bonds. The molecule has 1 aromatic carbocycles. The number of carboxylic acid groups (broad SMARTS) is 1. The molecule has 2 rings (SSSR count). The fourth-order valence-electron chi connectivity index (χ4n) is 1.78. The third-order valence-electron chi connectivity index (χ3n) is 2.88. The van der Waals surface area contributed by atoms with Crippen LogP contribution >= 0.6 is 0 Å². The van der Waals surface area contributed by atoms with Crippen molar-refractivity contribution in [3.8, 4) is 0 Å². The Morgan fingerprint density at radius 1 is 1.10 bits per heavy atom. The number of pyridine rings is 1. The van der Waals surface area contributed by atoms with Gasteiger partial charge in [0.15, 0.2) is 0 Å². The second-order valence-electron chi connectivity index (χ2n) is 4.66. The van der Waals surface area contributed by atoms with Crippen molar-refractivity contribution in [3.05, 3.63) is 53.3 Å². The normalized spacial score (nSPS) is 10.0. The highest BCUT2D eigenvalue weighted by Gasteiger charge is 2.08. The van der Waals surface area contributed by atoms with Gasteiger partial charge >= 0.3 is 12.0 Å². The largest absolute Gasteiger partial charge is 0.478 e. The summed E-state index contributed by atoms with van der Waals surface area (Å²) in [6, 6.07) is 6.63. The molecular formula is C15H15N3O3. The molecule has 0 aliphatic heterocycles. The predicted molar refractivity (Wildman–Crippen MR) is 79.8 cm³/mol. The lowest BCUT2D eigenvalue weighted by Crippen LogP contribution is -2.20. The molecule has 3 N–H and O–H groups in total. The van der Waals surface area contributed by atoms with Gasteiger partial charge in [0.25, 0.3) is 0 Å². The minimum absolute atomic E-state index is 0.0135. The van der Waals surface area contributed by atoms with E-state index < -0.39 is 12.0 Å². The fraction of sp³-hybridized carbons (Fsp3) is 0.133. The molecule has 0 spiro atoms. The zero-order valence-electron chi connectivity index (χ0n) is 11.7. The summed E-state index contributed by atoms with van der Waals surface area (Å²) in [5.41, 5.74) is 3.01. The Hall–Kier alpha value is -2.89. The Morgan fingerprint density at radius 2 is 1.86 bits per heavy atom. The molecule has 1 aromatic heterocycles. The van der Waals surface area contributed by atoms with Gasteiger partial charge in [0.05, 0.1) is 17.4 Å². The van der Waals surface area contributed by atoms with Crippen LogP contribution in [0.4, 0.5) is 16.2 Å². The van der Waals surface area contributed by atoms with Crippen LogP contribution in [0.25, 0.3) is 0 Å². The van der Waals surface area contributed by atoms with Gasteiger partial charge in [-0.25, -0.2) is 9.59 Å². The summed E-state index contributed by atoms with van der Waals surface area (Å²) in [5, 5.41) is 14.2. The molecule has 0 bridgehead atoms. The van der Waals surface area contributed by atoms with Gasteiger partial charge in [-0.2, -0.15) is 0 Å². The molecule has 0 saturated carbocycles. The number of carbonyl (C=O) groups excluding carboxylic acids is 1. The molecule has 0 saturated heterocycles. The van der Waals surface area contributed by atoms with Gasteiger partial charge in [0.1, 0.15) is 0 Å². The van der Waals surface area contributed by atoms with E-state index in [1.807, 2.05) is 32.0 Å². The molecule has 0 aliphatic carbocycles. The summed E-state index contributed by atoms with van der Waals surface area (Å²) in [7, 11) is 0. The van der Waals surface area contributed by atoms with Crippen LogP contribution in [0.5, 0.6) is 0 Å². The zero-order valence-corrected chi connectivity index (χ0v) is 11.7. The van der Waals surface area contributed by atoms with E-state index in [1.54, 1.807) is 0 Å². The maximum Gasteiger partial charge on any atom is 0.337 e. The molecule has 0 radical (unpaired) electrons.